The van der Waals surface area contributed by atoms with E-state index in [9.17, 15) is 4.79 Å². The third-order valence-electron chi connectivity index (χ3n) is 4.62. The molecule has 4 rings (SSSR count). The SMILES string of the molecule is O=C(Oc1cc(Cl)c(Cl)cc1Cl)c1ccc(-c2ccc(-c3ccccc3)cc2)cc1. The summed E-state index contributed by atoms with van der Waals surface area (Å²) < 4.78 is 5.36. The Labute approximate surface area is 189 Å². The molecule has 2 nitrogen and oxygen atoms in total. The Morgan fingerprint density at radius 2 is 1.03 bits per heavy atom. The average Bonchev–Trinajstić information content (AvgIpc) is 2.78. The van der Waals surface area contributed by atoms with Gasteiger partial charge in [-0.2, -0.15) is 0 Å². The molecule has 148 valence electrons. The van der Waals surface area contributed by atoms with Crippen LogP contribution < -0.4 is 4.74 Å². The first-order valence-corrected chi connectivity index (χ1v) is 10.3. The normalized spacial score (nSPS) is 10.6. The standard InChI is InChI=1S/C25H15Cl3O2/c26-21-14-23(28)24(15-22(21)27)30-25(29)20-12-10-19(11-13-20)18-8-6-17(7-9-18)16-4-2-1-3-5-16/h1-15H. The first kappa shape index (κ1) is 20.5. The van der Waals surface area contributed by atoms with Gasteiger partial charge in [0.25, 0.3) is 0 Å². The summed E-state index contributed by atoms with van der Waals surface area (Å²) in [6.45, 7) is 0. The lowest BCUT2D eigenvalue weighted by Crippen LogP contribution is -2.08. The van der Waals surface area contributed by atoms with E-state index in [-0.39, 0.29) is 15.8 Å². The zero-order chi connectivity index (χ0) is 21.1. The van der Waals surface area contributed by atoms with Gasteiger partial charge in [0.2, 0.25) is 0 Å². The molecule has 0 bridgehead atoms. The van der Waals surface area contributed by atoms with Crippen LogP contribution in [-0.2, 0) is 0 Å². The van der Waals surface area contributed by atoms with E-state index >= 15 is 0 Å². The minimum absolute atomic E-state index is 0.164. The summed E-state index contributed by atoms with van der Waals surface area (Å²) >= 11 is 17.9. The number of hydrogen-bond acceptors (Lipinski definition) is 2. The average molecular weight is 454 g/mol. The van der Waals surface area contributed by atoms with E-state index in [0.29, 0.717) is 10.6 Å². The number of rotatable bonds is 4. The smallest absolute Gasteiger partial charge is 0.343 e. The molecular weight excluding hydrogens is 439 g/mol. The van der Waals surface area contributed by atoms with Crippen molar-refractivity contribution in [2.75, 3.05) is 0 Å². The molecule has 0 aliphatic rings. The Hall–Kier alpha value is -2.78. The summed E-state index contributed by atoms with van der Waals surface area (Å²) in [5.74, 6) is -0.363. The number of benzene rings is 4. The lowest BCUT2D eigenvalue weighted by Gasteiger charge is -2.09. The van der Waals surface area contributed by atoms with Crippen molar-refractivity contribution in [2.24, 2.45) is 0 Å². The second kappa shape index (κ2) is 8.93. The van der Waals surface area contributed by atoms with Gasteiger partial charge in [-0.05, 0) is 40.5 Å². The van der Waals surface area contributed by atoms with Crippen molar-refractivity contribution < 1.29 is 9.53 Å². The molecule has 0 N–H and O–H groups in total. The maximum atomic E-state index is 12.5. The molecule has 0 aromatic heterocycles. The first-order valence-electron chi connectivity index (χ1n) is 9.14. The molecule has 0 aliphatic heterocycles. The maximum absolute atomic E-state index is 12.5. The molecule has 0 unspecified atom stereocenters. The van der Waals surface area contributed by atoms with E-state index in [2.05, 4.69) is 36.4 Å². The van der Waals surface area contributed by atoms with E-state index < -0.39 is 5.97 Å². The molecule has 0 saturated carbocycles. The van der Waals surface area contributed by atoms with Crippen LogP contribution in [0.1, 0.15) is 10.4 Å². The summed E-state index contributed by atoms with van der Waals surface area (Å²) in [6, 6.07) is 28.5. The van der Waals surface area contributed by atoms with Gasteiger partial charge in [-0.15, -0.1) is 0 Å². The zero-order valence-electron chi connectivity index (χ0n) is 15.6. The quantitative estimate of drug-likeness (QED) is 0.177. The summed E-state index contributed by atoms with van der Waals surface area (Å²) in [6.07, 6.45) is 0. The van der Waals surface area contributed by atoms with Crippen LogP contribution >= 0.6 is 34.8 Å². The largest absolute Gasteiger partial charge is 0.421 e. The van der Waals surface area contributed by atoms with Crippen LogP contribution in [0, 0.1) is 0 Å². The molecule has 0 spiro atoms. The molecule has 0 aliphatic carbocycles. The monoisotopic (exact) mass is 452 g/mol. The van der Waals surface area contributed by atoms with Crippen LogP contribution in [0.5, 0.6) is 5.75 Å². The maximum Gasteiger partial charge on any atom is 0.343 e. The van der Waals surface area contributed by atoms with Gasteiger partial charge in [0.1, 0.15) is 0 Å². The van der Waals surface area contributed by atoms with Crippen LogP contribution in [0.3, 0.4) is 0 Å². The lowest BCUT2D eigenvalue weighted by molar-refractivity contribution is 0.0735. The highest BCUT2D eigenvalue weighted by molar-refractivity contribution is 6.43. The minimum atomic E-state index is -0.527. The topological polar surface area (TPSA) is 26.3 Å². The van der Waals surface area contributed by atoms with Crippen molar-refractivity contribution in [3.63, 3.8) is 0 Å². The van der Waals surface area contributed by atoms with E-state index in [0.717, 1.165) is 16.7 Å². The van der Waals surface area contributed by atoms with Crippen LogP contribution in [0.25, 0.3) is 22.3 Å². The second-order valence-electron chi connectivity index (χ2n) is 6.61. The van der Waals surface area contributed by atoms with Gasteiger partial charge in [-0.1, -0.05) is 102 Å². The summed E-state index contributed by atoms with van der Waals surface area (Å²) in [5.41, 5.74) is 4.78. The number of esters is 1. The van der Waals surface area contributed by atoms with Crippen molar-refractivity contribution in [1.82, 2.24) is 0 Å². The van der Waals surface area contributed by atoms with Crippen molar-refractivity contribution in [1.29, 1.82) is 0 Å². The molecule has 0 radical (unpaired) electrons. The van der Waals surface area contributed by atoms with E-state index in [1.165, 1.54) is 17.7 Å². The highest BCUT2D eigenvalue weighted by Gasteiger charge is 2.13. The zero-order valence-corrected chi connectivity index (χ0v) is 17.9. The number of carbonyl (C=O) groups is 1. The van der Waals surface area contributed by atoms with Crippen LogP contribution in [-0.4, -0.2) is 5.97 Å². The number of halogens is 3. The van der Waals surface area contributed by atoms with Gasteiger partial charge in [-0.25, -0.2) is 4.79 Å². The Morgan fingerprint density at radius 3 is 1.60 bits per heavy atom. The highest BCUT2D eigenvalue weighted by atomic mass is 35.5. The van der Waals surface area contributed by atoms with Gasteiger partial charge >= 0.3 is 5.97 Å². The number of ether oxygens (including phenoxy) is 1. The molecule has 4 aromatic carbocycles. The summed E-state index contributed by atoms with van der Waals surface area (Å²) in [4.78, 5) is 12.5. The van der Waals surface area contributed by atoms with Crippen molar-refractivity contribution in [2.45, 2.75) is 0 Å². The molecule has 0 amide bonds. The van der Waals surface area contributed by atoms with Gasteiger partial charge in [0.15, 0.2) is 5.75 Å². The predicted octanol–water partition coefficient (Wildman–Crippen LogP) is 8.20. The van der Waals surface area contributed by atoms with Crippen molar-refractivity contribution >= 4 is 40.8 Å². The fourth-order valence-electron chi connectivity index (χ4n) is 3.03. The van der Waals surface area contributed by atoms with Gasteiger partial charge in [-0.3, -0.25) is 0 Å². The summed E-state index contributed by atoms with van der Waals surface area (Å²) in [5, 5.41) is 0.773. The Kier molecular flexibility index (Phi) is 6.10. The third-order valence-corrected chi connectivity index (χ3v) is 5.64. The Bertz CT molecular complexity index is 1190. The highest BCUT2D eigenvalue weighted by Crippen LogP contribution is 2.34. The number of carbonyl (C=O) groups excluding carboxylic acids is 1. The van der Waals surface area contributed by atoms with Crippen LogP contribution in [0.4, 0.5) is 0 Å². The molecule has 0 fully saturated rings. The van der Waals surface area contributed by atoms with Crippen LogP contribution in [0.2, 0.25) is 15.1 Å². The number of hydrogen-bond donors (Lipinski definition) is 0. The summed E-state index contributed by atoms with van der Waals surface area (Å²) in [7, 11) is 0. The Balaban J connectivity index is 1.50. The van der Waals surface area contributed by atoms with E-state index in [1.54, 1.807) is 12.1 Å². The van der Waals surface area contributed by atoms with Gasteiger partial charge < -0.3 is 4.74 Å². The molecule has 30 heavy (non-hydrogen) atoms. The first-order chi connectivity index (χ1) is 14.5. The minimum Gasteiger partial charge on any atom is -0.421 e. The molecule has 0 saturated heterocycles. The van der Waals surface area contributed by atoms with E-state index in [4.69, 9.17) is 39.5 Å². The van der Waals surface area contributed by atoms with Crippen LogP contribution in [0.15, 0.2) is 91.0 Å². The second-order valence-corrected chi connectivity index (χ2v) is 7.83. The molecule has 0 heterocycles. The molecular formula is C25H15Cl3O2. The fourth-order valence-corrected chi connectivity index (χ4v) is 3.60. The van der Waals surface area contributed by atoms with Crippen molar-refractivity contribution in [3.8, 4) is 28.0 Å². The Morgan fingerprint density at radius 1 is 0.567 bits per heavy atom. The molecule has 4 aromatic rings. The third kappa shape index (κ3) is 4.52. The van der Waals surface area contributed by atoms with Gasteiger partial charge in [0.05, 0.1) is 20.6 Å². The predicted molar refractivity (Wildman–Crippen MR) is 124 cm³/mol. The molecule has 5 heteroatoms. The van der Waals surface area contributed by atoms with E-state index in [1.807, 2.05) is 30.3 Å². The van der Waals surface area contributed by atoms with Crippen molar-refractivity contribution in [3.05, 3.63) is 112 Å². The fraction of sp³-hybridized carbons (Fsp3) is 0. The van der Waals surface area contributed by atoms with Gasteiger partial charge in [0, 0.05) is 6.07 Å². The molecule has 0 atom stereocenters. The lowest BCUT2D eigenvalue weighted by atomic mass is 10.00.